The summed E-state index contributed by atoms with van der Waals surface area (Å²) in [6.45, 7) is 0. The summed E-state index contributed by atoms with van der Waals surface area (Å²) in [4.78, 5) is 9.78. The SMILES string of the molecule is O=[N+]([O-])c1cc(S(=O)(=O)C(F)F)ccc1NC1C2C3CCC(C3)C12. The third-order valence-electron chi connectivity index (χ3n) is 5.79. The summed E-state index contributed by atoms with van der Waals surface area (Å²) in [5.41, 5.74) is -0.277. The molecule has 0 amide bonds. The van der Waals surface area contributed by atoms with Crippen molar-refractivity contribution in [2.75, 3.05) is 5.32 Å². The zero-order valence-electron chi connectivity index (χ0n) is 12.6. The highest BCUT2D eigenvalue weighted by atomic mass is 32.2. The molecule has 3 fully saturated rings. The Labute approximate surface area is 137 Å². The molecular formula is C15H16F2N2O4S. The second-order valence-corrected chi connectivity index (χ2v) is 8.82. The zero-order chi connectivity index (χ0) is 17.2. The van der Waals surface area contributed by atoms with Crippen molar-refractivity contribution in [1.82, 2.24) is 0 Å². The van der Waals surface area contributed by atoms with Gasteiger partial charge in [0, 0.05) is 12.1 Å². The standard InChI is InChI=1S/C15H16F2N2O4S/c16-15(17)24(22,23)9-3-4-10(11(6-9)19(20)21)18-14-12-7-1-2-8(5-7)13(12)14/h3-4,6-8,12-15,18H,1-2,5H2. The van der Waals surface area contributed by atoms with E-state index < -0.39 is 31.1 Å². The molecule has 0 radical (unpaired) electrons. The van der Waals surface area contributed by atoms with E-state index >= 15 is 0 Å². The molecule has 0 aliphatic heterocycles. The fraction of sp³-hybridized carbons (Fsp3) is 0.600. The lowest BCUT2D eigenvalue weighted by atomic mass is 10.0. The van der Waals surface area contributed by atoms with Crippen LogP contribution < -0.4 is 5.32 Å². The number of halogens is 2. The van der Waals surface area contributed by atoms with Crippen LogP contribution in [0.3, 0.4) is 0 Å². The van der Waals surface area contributed by atoms with E-state index in [2.05, 4.69) is 5.32 Å². The monoisotopic (exact) mass is 358 g/mol. The van der Waals surface area contributed by atoms with Crippen LogP contribution in [0.5, 0.6) is 0 Å². The van der Waals surface area contributed by atoms with Crippen molar-refractivity contribution in [1.29, 1.82) is 0 Å². The molecule has 130 valence electrons. The van der Waals surface area contributed by atoms with E-state index in [1.165, 1.54) is 25.3 Å². The van der Waals surface area contributed by atoms with E-state index in [9.17, 15) is 27.3 Å². The summed E-state index contributed by atoms with van der Waals surface area (Å²) in [6.07, 6.45) is 3.65. The number of nitro benzene ring substituents is 1. The van der Waals surface area contributed by atoms with Crippen molar-refractivity contribution in [2.45, 2.75) is 36.0 Å². The molecule has 4 unspecified atom stereocenters. The number of benzene rings is 1. The Hall–Kier alpha value is -1.77. The van der Waals surface area contributed by atoms with Gasteiger partial charge in [-0.25, -0.2) is 8.42 Å². The molecule has 4 rings (SSSR count). The Morgan fingerprint density at radius 3 is 2.38 bits per heavy atom. The molecule has 1 N–H and O–H groups in total. The van der Waals surface area contributed by atoms with E-state index in [0.717, 1.165) is 12.1 Å². The molecule has 6 nitrogen and oxygen atoms in total. The van der Waals surface area contributed by atoms with Gasteiger partial charge in [0.15, 0.2) is 0 Å². The number of alkyl halides is 2. The highest BCUT2D eigenvalue weighted by Gasteiger charge is 2.65. The zero-order valence-corrected chi connectivity index (χ0v) is 13.4. The molecule has 3 aliphatic carbocycles. The van der Waals surface area contributed by atoms with Gasteiger partial charge in [-0.1, -0.05) is 0 Å². The predicted octanol–water partition coefficient (Wildman–Crippen LogP) is 3.05. The molecule has 3 saturated carbocycles. The Morgan fingerprint density at radius 2 is 1.83 bits per heavy atom. The molecule has 0 spiro atoms. The average Bonchev–Trinajstić information content (AvgIpc) is 2.91. The van der Waals surface area contributed by atoms with Crippen molar-refractivity contribution >= 4 is 21.2 Å². The van der Waals surface area contributed by atoms with Crippen LogP contribution in [-0.4, -0.2) is 25.1 Å². The third-order valence-corrected chi connectivity index (χ3v) is 7.17. The van der Waals surface area contributed by atoms with Crippen molar-refractivity contribution < 1.29 is 22.1 Å². The lowest BCUT2D eigenvalue weighted by Gasteiger charge is -2.13. The first-order valence-corrected chi connectivity index (χ1v) is 9.42. The summed E-state index contributed by atoms with van der Waals surface area (Å²) < 4.78 is 48.3. The number of rotatable bonds is 5. The number of nitro groups is 1. The van der Waals surface area contributed by atoms with Crippen LogP contribution >= 0.6 is 0 Å². The number of sulfone groups is 1. The van der Waals surface area contributed by atoms with Crippen LogP contribution in [0.25, 0.3) is 0 Å². The van der Waals surface area contributed by atoms with Gasteiger partial charge in [0.25, 0.3) is 5.69 Å². The maximum absolute atomic E-state index is 12.6. The van der Waals surface area contributed by atoms with Gasteiger partial charge in [0.05, 0.1) is 9.82 Å². The van der Waals surface area contributed by atoms with Crippen molar-refractivity contribution in [3.63, 3.8) is 0 Å². The largest absolute Gasteiger partial charge is 0.376 e. The Morgan fingerprint density at radius 1 is 1.21 bits per heavy atom. The minimum atomic E-state index is -4.85. The van der Waals surface area contributed by atoms with E-state index in [1.54, 1.807) is 0 Å². The highest BCUT2D eigenvalue weighted by molar-refractivity contribution is 7.91. The number of nitrogens with one attached hydrogen (secondary N) is 1. The molecule has 4 atom stereocenters. The number of hydrogen-bond acceptors (Lipinski definition) is 5. The number of fused-ring (bicyclic) bond motifs is 5. The van der Waals surface area contributed by atoms with Crippen LogP contribution in [-0.2, 0) is 9.84 Å². The average molecular weight is 358 g/mol. The molecular weight excluding hydrogens is 342 g/mol. The molecule has 1 aromatic carbocycles. The van der Waals surface area contributed by atoms with Gasteiger partial charge in [-0.3, -0.25) is 10.1 Å². The minimum absolute atomic E-state index is 0.174. The normalized spacial score (nSPS) is 33.5. The molecule has 24 heavy (non-hydrogen) atoms. The maximum atomic E-state index is 12.6. The second-order valence-electron chi connectivity index (χ2n) is 6.90. The summed E-state index contributed by atoms with van der Waals surface area (Å²) in [7, 11) is -4.85. The van der Waals surface area contributed by atoms with Crippen molar-refractivity contribution in [3.8, 4) is 0 Å². The molecule has 0 saturated heterocycles. The van der Waals surface area contributed by atoms with Crippen LogP contribution in [0.4, 0.5) is 20.2 Å². The number of anilines is 1. The maximum Gasteiger partial charge on any atom is 0.341 e. The van der Waals surface area contributed by atoms with Gasteiger partial charge < -0.3 is 5.32 Å². The molecule has 3 aliphatic rings. The van der Waals surface area contributed by atoms with Gasteiger partial charge in [0.1, 0.15) is 5.69 Å². The van der Waals surface area contributed by atoms with Crippen LogP contribution in [0.2, 0.25) is 0 Å². The van der Waals surface area contributed by atoms with E-state index in [4.69, 9.17) is 0 Å². The lowest BCUT2D eigenvalue weighted by molar-refractivity contribution is -0.384. The summed E-state index contributed by atoms with van der Waals surface area (Å²) in [6, 6.07) is 3.12. The van der Waals surface area contributed by atoms with E-state index in [-0.39, 0.29) is 11.7 Å². The first kappa shape index (κ1) is 15.7. The molecule has 1 aromatic rings. The molecule has 2 bridgehead atoms. The highest BCUT2D eigenvalue weighted by Crippen LogP contribution is 2.66. The first-order chi connectivity index (χ1) is 11.3. The van der Waals surface area contributed by atoms with Crippen LogP contribution in [0.15, 0.2) is 23.1 Å². The Balaban J connectivity index is 1.61. The Kier molecular flexibility index (Phi) is 3.35. The topological polar surface area (TPSA) is 89.3 Å². The summed E-state index contributed by atoms with van der Waals surface area (Å²) in [5, 5.41) is 14.4. The van der Waals surface area contributed by atoms with Gasteiger partial charge in [-0.05, 0) is 55.1 Å². The lowest BCUT2D eigenvalue weighted by Crippen LogP contribution is -2.15. The molecule has 0 aromatic heterocycles. The summed E-state index contributed by atoms with van der Waals surface area (Å²) in [5.74, 6) is -1.18. The van der Waals surface area contributed by atoms with Crippen LogP contribution in [0, 0.1) is 33.8 Å². The van der Waals surface area contributed by atoms with E-state index in [0.29, 0.717) is 23.7 Å². The van der Waals surface area contributed by atoms with Crippen molar-refractivity contribution in [3.05, 3.63) is 28.3 Å². The number of nitrogens with zero attached hydrogens (tertiary/aromatic N) is 1. The fourth-order valence-corrected chi connectivity index (χ4v) is 5.50. The Bertz CT molecular complexity index is 798. The predicted molar refractivity (Wildman–Crippen MR) is 81.5 cm³/mol. The number of hydrogen-bond donors (Lipinski definition) is 1. The van der Waals surface area contributed by atoms with E-state index in [1.807, 2.05) is 0 Å². The summed E-state index contributed by atoms with van der Waals surface area (Å²) >= 11 is 0. The second kappa shape index (κ2) is 5.11. The third kappa shape index (κ3) is 2.21. The van der Waals surface area contributed by atoms with Gasteiger partial charge in [-0.2, -0.15) is 8.78 Å². The van der Waals surface area contributed by atoms with Gasteiger partial charge in [-0.15, -0.1) is 0 Å². The quantitative estimate of drug-likeness (QED) is 0.645. The fourth-order valence-electron chi connectivity index (χ4n) is 4.76. The molecule has 0 heterocycles. The molecule has 9 heteroatoms. The minimum Gasteiger partial charge on any atom is -0.376 e. The van der Waals surface area contributed by atoms with Gasteiger partial charge >= 0.3 is 5.76 Å². The van der Waals surface area contributed by atoms with Gasteiger partial charge in [0.2, 0.25) is 9.84 Å². The first-order valence-electron chi connectivity index (χ1n) is 7.87. The van der Waals surface area contributed by atoms with Crippen LogP contribution in [0.1, 0.15) is 19.3 Å². The van der Waals surface area contributed by atoms with Crippen molar-refractivity contribution in [2.24, 2.45) is 23.7 Å². The smallest absolute Gasteiger partial charge is 0.341 e.